The number of aryl methyl sites for hydroxylation is 1. The van der Waals surface area contributed by atoms with Crippen molar-refractivity contribution in [1.82, 2.24) is 29.4 Å². The summed E-state index contributed by atoms with van der Waals surface area (Å²) in [5.41, 5.74) is 8.26. The van der Waals surface area contributed by atoms with Crippen molar-refractivity contribution in [2.45, 2.75) is 18.8 Å². The van der Waals surface area contributed by atoms with Gasteiger partial charge in [-0.3, -0.25) is 4.68 Å². The number of para-hydroxylation sites is 1. The lowest BCUT2D eigenvalue weighted by molar-refractivity contribution is 0.480. The van der Waals surface area contributed by atoms with E-state index in [9.17, 15) is 5.11 Å². The van der Waals surface area contributed by atoms with Crippen LogP contribution in [0.5, 0.6) is 5.75 Å². The number of fused-ring (bicyclic) bond motifs is 3. The molecule has 0 aliphatic carbocycles. The Morgan fingerprint density at radius 3 is 2.96 bits per heavy atom. The summed E-state index contributed by atoms with van der Waals surface area (Å²) in [5.74, 6) is 1.27. The number of phenols is 1. The summed E-state index contributed by atoms with van der Waals surface area (Å²) in [4.78, 5) is 11.4. The van der Waals surface area contributed by atoms with Gasteiger partial charge in [0.05, 0.1) is 11.9 Å². The molecule has 0 bridgehead atoms. The summed E-state index contributed by atoms with van der Waals surface area (Å²) in [6, 6.07) is 5.24. The van der Waals surface area contributed by atoms with E-state index in [1.165, 1.54) is 0 Å². The van der Waals surface area contributed by atoms with Gasteiger partial charge in [0.15, 0.2) is 11.5 Å². The van der Waals surface area contributed by atoms with Gasteiger partial charge >= 0.3 is 0 Å². The van der Waals surface area contributed by atoms with Crippen molar-refractivity contribution in [3.8, 4) is 5.75 Å². The third-order valence-electron chi connectivity index (χ3n) is 5.17. The summed E-state index contributed by atoms with van der Waals surface area (Å²) in [6.45, 7) is 1.83. The maximum atomic E-state index is 10.1. The summed E-state index contributed by atoms with van der Waals surface area (Å²) in [7, 11) is 1.92. The molecule has 3 aromatic heterocycles. The minimum absolute atomic E-state index is 0.0895. The highest BCUT2D eigenvalue weighted by atomic mass is 16.3. The number of aromatic nitrogens is 6. The largest absolute Gasteiger partial charge is 0.506 e. The fourth-order valence-electron chi connectivity index (χ4n) is 3.82. The molecule has 27 heavy (non-hydrogen) atoms. The predicted molar refractivity (Wildman–Crippen MR) is 102 cm³/mol. The first-order chi connectivity index (χ1) is 13.1. The fraction of sp³-hybridized carbons (Fsp3) is 0.333. The lowest BCUT2D eigenvalue weighted by Gasteiger charge is -2.32. The highest BCUT2D eigenvalue weighted by molar-refractivity contribution is 5.95. The molecule has 1 fully saturated rings. The molecule has 1 aromatic carbocycles. The zero-order valence-electron chi connectivity index (χ0n) is 14.9. The molecule has 0 saturated carbocycles. The van der Waals surface area contributed by atoms with Crippen LogP contribution in [0.4, 0.5) is 11.6 Å². The number of rotatable bonds is 2. The Balaban J connectivity index is 1.56. The molecule has 0 amide bonds. The van der Waals surface area contributed by atoms with E-state index in [1.54, 1.807) is 16.6 Å². The van der Waals surface area contributed by atoms with Crippen LogP contribution in [0.15, 0.2) is 30.6 Å². The lowest BCUT2D eigenvalue weighted by atomic mass is 9.97. The van der Waals surface area contributed by atoms with E-state index in [0.717, 1.165) is 42.8 Å². The van der Waals surface area contributed by atoms with Gasteiger partial charge in [-0.2, -0.15) is 9.61 Å². The number of aromatic hydroxyl groups is 1. The van der Waals surface area contributed by atoms with Gasteiger partial charge in [0.25, 0.3) is 0 Å². The van der Waals surface area contributed by atoms with Crippen molar-refractivity contribution in [2.24, 2.45) is 7.05 Å². The highest BCUT2D eigenvalue weighted by Crippen LogP contribution is 2.31. The molecule has 0 spiro atoms. The van der Waals surface area contributed by atoms with E-state index in [0.29, 0.717) is 11.2 Å². The van der Waals surface area contributed by atoms with Crippen molar-refractivity contribution in [3.05, 3.63) is 36.4 Å². The first-order valence-electron chi connectivity index (χ1n) is 8.97. The Morgan fingerprint density at radius 2 is 2.15 bits per heavy atom. The van der Waals surface area contributed by atoms with E-state index in [2.05, 4.69) is 20.1 Å². The second-order valence-corrected chi connectivity index (χ2v) is 7.01. The van der Waals surface area contributed by atoms with Crippen LogP contribution in [-0.2, 0) is 7.05 Å². The zero-order valence-corrected chi connectivity index (χ0v) is 14.9. The van der Waals surface area contributed by atoms with Crippen LogP contribution in [0.1, 0.15) is 24.6 Å². The molecule has 9 nitrogen and oxygen atoms in total. The second kappa shape index (κ2) is 5.83. The summed E-state index contributed by atoms with van der Waals surface area (Å²) >= 11 is 0. The zero-order chi connectivity index (χ0) is 18.5. The van der Waals surface area contributed by atoms with Crippen molar-refractivity contribution < 1.29 is 5.11 Å². The molecule has 9 heteroatoms. The smallest absolute Gasteiger partial charge is 0.223 e. The average Bonchev–Trinajstić information content (AvgIpc) is 3.30. The monoisotopic (exact) mass is 364 g/mol. The Labute approximate surface area is 155 Å². The molecule has 5 rings (SSSR count). The molecule has 1 aliphatic heterocycles. The molecular weight excluding hydrogens is 344 g/mol. The Morgan fingerprint density at radius 1 is 1.26 bits per heavy atom. The molecule has 138 valence electrons. The molecule has 4 aromatic rings. The lowest BCUT2D eigenvalue weighted by Crippen LogP contribution is -2.34. The predicted octanol–water partition coefficient (Wildman–Crippen LogP) is 1.68. The SMILES string of the molecule is Cn1cc(N2CCCC(c3nc4c5cccc(O)c5nc(N)n4n3)C2)cn1. The molecule has 1 aliphatic rings. The number of benzene rings is 1. The van der Waals surface area contributed by atoms with Gasteiger partial charge < -0.3 is 15.7 Å². The number of anilines is 2. The number of phenolic OH excluding ortho intramolecular Hbond substituents is 1. The van der Waals surface area contributed by atoms with Gasteiger partial charge in [-0.15, -0.1) is 5.10 Å². The van der Waals surface area contributed by atoms with Crippen LogP contribution >= 0.6 is 0 Å². The van der Waals surface area contributed by atoms with Crippen LogP contribution in [0.3, 0.4) is 0 Å². The van der Waals surface area contributed by atoms with E-state index in [-0.39, 0.29) is 17.6 Å². The Hall–Kier alpha value is -3.36. The number of nitrogens with zero attached hydrogens (tertiary/aromatic N) is 7. The molecular formula is C18H20N8O. The van der Waals surface area contributed by atoms with Crippen LogP contribution in [0, 0.1) is 0 Å². The summed E-state index contributed by atoms with van der Waals surface area (Å²) < 4.78 is 3.38. The number of nitrogen functional groups attached to an aromatic ring is 1. The first kappa shape index (κ1) is 15.9. The standard InChI is InChI=1S/C18H20N8O/c1-24-10-12(8-20-24)25-7-3-4-11(9-25)16-22-17-13-5-2-6-14(27)15(13)21-18(19)26(17)23-16/h2,5-6,8,10-11,27H,3-4,7,9H2,1H3,(H2,19,21). The number of hydrogen-bond donors (Lipinski definition) is 2. The van der Waals surface area contributed by atoms with Crippen molar-refractivity contribution >= 4 is 28.2 Å². The molecule has 1 saturated heterocycles. The quantitative estimate of drug-likeness (QED) is 0.557. The number of nitrogens with two attached hydrogens (primary N) is 1. The molecule has 0 radical (unpaired) electrons. The Kier molecular flexibility index (Phi) is 3.43. The summed E-state index contributed by atoms with van der Waals surface area (Å²) in [6.07, 6.45) is 5.99. The van der Waals surface area contributed by atoms with Crippen molar-refractivity contribution in [3.63, 3.8) is 0 Å². The topological polar surface area (TPSA) is 110 Å². The molecule has 4 heterocycles. The van der Waals surface area contributed by atoms with E-state index in [4.69, 9.17) is 10.7 Å². The van der Waals surface area contributed by atoms with Gasteiger partial charge in [-0.1, -0.05) is 6.07 Å². The first-order valence-corrected chi connectivity index (χ1v) is 8.97. The Bertz CT molecular complexity index is 1150. The molecule has 1 unspecified atom stereocenters. The minimum atomic E-state index is 0.0895. The summed E-state index contributed by atoms with van der Waals surface area (Å²) in [5, 5.41) is 19.7. The fourth-order valence-corrected chi connectivity index (χ4v) is 3.82. The van der Waals surface area contributed by atoms with E-state index < -0.39 is 0 Å². The van der Waals surface area contributed by atoms with Crippen molar-refractivity contribution in [1.29, 1.82) is 0 Å². The maximum Gasteiger partial charge on any atom is 0.223 e. The van der Waals surface area contributed by atoms with Gasteiger partial charge in [0, 0.05) is 37.6 Å². The third kappa shape index (κ3) is 2.54. The number of hydrogen-bond acceptors (Lipinski definition) is 7. The van der Waals surface area contributed by atoms with Gasteiger partial charge in [0.2, 0.25) is 5.95 Å². The van der Waals surface area contributed by atoms with Crippen LogP contribution in [0.25, 0.3) is 16.6 Å². The van der Waals surface area contributed by atoms with Crippen LogP contribution in [0.2, 0.25) is 0 Å². The highest BCUT2D eigenvalue weighted by Gasteiger charge is 2.26. The number of piperidine rings is 1. The maximum absolute atomic E-state index is 10.1. The molecule has 1 atom stereocenters. The third-order valence-corrected chi connectivity index (χ3v) is 5.17. The van der Waals surface area contributed by atoms with Gasteiger partial charge in [-0.05, 0) is 25.0 Å². The van der Waals surface area contributed by atoms with Gasteiger partial charge in [0.1, 0.15) is 11.3 Å². The van der Waals surface area contributed by atoms with Crippen LogP contribution in [-0.4, -0.2) is 47.6 Å². The molecule has 3 N–H and O–H groups in total. The van der Waals surface area contributed by atoms with E-state index >= 15 is 0 Å². The van der Waals surface area contributed by atoms with Crippen LogP contribution < -0.4 is 10.6 Å². The van der Waals surface area contributed by atoms with Gasteiger partial charge in [-0.25, -0.2) is 9.97 Å². The second-order valence-electron chi connectivity index (χ2n) is 7.01. The van der Waals surface area contributed by atoms with E-state index in [1.807, 2.05) is 30.2 Å². The van der Waals surface area contributed by atoms with Crippen molar-refractivity contribution in [2.75, 3.05) is 23.7 Å². The minimum Gasteiger partial charge on any atom is -0.506 e. The normalized spacial score (nSPS) is 17.8. The average molecular weight is 364 g/mol.